The number of benzene rings is 1. The smallest absolute Gasteiger partial charge is 0.407 e. The van der Waals surface area contributed by atoms with Crippen LogP contribution in [0.5, 0.6) is 0 Å². The lowest BCUT2D eigenvalue weighted by Crippen LogP contribution is -2.48. The van der Waals surface area contributed by atoms with Gasteiger partial charge in [-0.2, -0.15) is 0 Å². The Bertz CT molecular complexity index is 596. The van der Waals surface area contributed by atoms with Crippen LogP contribution in [0.15, 0.2) is 24.3 Å². The van der Waals surface area contributed by atoms with Gasteiger partial charge in [0.25, 0.3) is 0 Å². The minimum atomic E-state index is -0.425. The summed E-state index contributed by atoms with van der Waals surface area (Å²) in [6, 6.07) is 8.92. The van der Waals surface area contributed by atoms with Gasteiger partial charge in [0, 0.05) is 19.6 Å². The van der Waals surface area contributed by atoms with Crippen molar-refractivity contribution in [2.75, 3.05) is 20.2 Å². The van der Waals surface area contributed by atoms with Gasteiger partial charge in [-0.1, -0.05) is 29.8 Å². The number of alkyl carbamates (subject to hydrolysis) is 1. The molecule has 1 atom stereocenters. The first kappa shape index (κ1) is 15.8. The van der Waals surface area contributed by atoms with Crippen molar-refractivity contribution < 1.29 is 14.3 Å². The molecule has 1 aliphatic heterocycles. The lowest BCUT2D eigenvalue weighted by molar-refractivity contribution is -0.138. The molecule has 0 aromatic heterocycles. The Kier molecular flexibility index (Phi) is 4.55. The molecule has 0 spiro atoms. The van der Waals surface area contributed by atoms with Crippen LogP contribution in [0.2, 0.25) is 0 Å². The van der Waals surface area contributed by atoms with Crippen molar-refractivity contribution in [2.45, 2.75) is 38.1 Å². The molecule has 2 fully saturated rings. The highest BCUT2D eigenvalue weighted by molar-refractivity contribution is 5.80. The fraction of sp³-hybridized carbons (Fsp3) is 0.556. The molecule has 2 aliphatic rings. The highest BCUT2D eigenvalue weighted by Gasteiger charge is 2.37. The molecule has 1 N–H and O–H groups in total. The van der Waals surface area contributed by atoms with Gasteiger partial charge in [0.05, 0.1) is 12.5 Å². The van der Waals surface area contributed by atoms with Crippen molar-refractivity contribution in [2.24, 2.45) is 5.92 Å². The molecule has 23 heavy (non-hydrogen) atoms. The van der Waals surface area contributed by atoms with E-state index in [-0.39, 0.29) is 11.8 Å². The van der Waals surface area contributed by atoms with E-state index in [2.05, 4.69) is 36.5 Å². The third-order valence-corrected chi connectivity index (χ3v) is 5.06. The monoisotopic (exact) mass is 316 g/mol. The molecule has 0 radical (unpaired) electrons. The van der Waals surface area contributed by atoms with Gasteiger partial charge in [0.1, 0.15) is 0 Å². The van der Waals surface area contributed by atoms with Crippen molar-refractivity contribution in [1.82, 2.24) is 10.2 Å². The largest absolute Gasteiger partial charge is 0.450 e. The Labute approximate surface area is 137 Å². The van der Waals surface area contributed by atoms with Crippen molar-refractivity contribution in [3.8, 4) is 0 Å². The quantitative estimate of drug-likeness (QED) is 0.932. The molecule has 0 bridgehead atoms. The summed E-state index contributed by atoms with van der Waals surface area (Å²) in [7, 11) is 1.88. The Morgan fingerprint density at radius 2 is 2.13 bits per heavy atom. The van der Waals surface area contributed by atoms with Crippen LogP contribution in [0, 0.1) is 12.8 Å². The lowest BCUT2D eigenvalue weighted by atomic mass is 9.74. The van der Waals surface area contributed by atoms with Crippen LogP contribution in [0.3, 0.4) is 0 Å². The Balaban J connectivity index is 1.54. The molecular weight excluding hydrogens is 292 g/mol. The van der Waals surface area contributed by atoms with Crippen LogP contribution in [-0.2, 0) is 9.53 Å². The van der Waals surface area contributed by atoms with Crippen molar-refractivity contribution in [3.63, 3.8) is 0 Å². The zero-order valence-corrected chi connectivity index (χ0v) is 13.7. The Morgan fingerprint density at radius 1 is 1.35 bits per heavy atom. The zero-order chi connectivity index (χ0) is 16.4. The summed E-state index contributed by atoms with van der Waals surface area (Å²) < 4.78 is 4.93. The maximum Gasteiger partial charge on any atom is 0.407 e. The second-order valence-electron chi connectivity index (χ2n) is 6.69. The number of carbonyl (C=O) groups is 2. The van der Waals surface area contributed by atoms with Crippen LogP contribution >= 0.6 is 0 Å². The Morgan fingerprint density at radius 3 is 2.87 bits per heavy atom. The van der Waals surface area contributed by atoms with Crippen LogP contribution < -0.4 is 5.32 Å². The van der Waals surface area contributed by atoms with Gasteiger partial charge in [0.2, 0.25) is 5.91 Å². The fourth-order valence-electron chi connectivity index (χ4n) is 3.43. The molecule has 0 unspecified atom stereocenters. The van der Waals surface area contributed by atoms with Gasteiger partial charge >= 0.3 is 6.09 Å². The van der Waals surface area contributed by atoms with E-state index in [4.69, 9.17) is 4.74 Å². The zero-order valence-electron chi connectivity index (χ0n) is 13.7. The molecule has 124 valence electrons. The SMILES string of the molecule is Cc1cccc([C@H]2C[C@@H](N(C)C(=O)[C@@H]3CCOC(=O)NC3)C2)c1. The molecule has 1 aliphatic carbocycles. The summed E-state index contributed by atoms with van der Waals surface area (Å²) in [5.74, 6) is 0.486. The molecule has 5 heteroatoms. The first-order valence-corrected chi connectivity index (χ1v) is 8.28. The molecule has 1 saturated heterocycles. The minimum absolute atomic E-state index is 0.114. The summed E-state index contributed by atoms with van der Waals surface area (Å²) >= 11 is 0. The first-order valence-electron chi connectivity index (χ1n) is 8.28. The average molecular weight is 316 g/mol. The molecule has 1 aromatic rings. The van der Waals surface area contributed by atoms with Crippen molar-refractivity contribution in [3.05, 3.63) is 35.4 Å². The molecule has 1 saturated carbocycles. The van der Waals surface area contributed by atoms with E-state index in [0.717, 1.165) is 12.8 Å². The summed E-state index contributed by atoms with van der Waals surface area (Å²) in [5, 5.41) is 2.64. The number of carbonyl (C=O) groups excluding carboxylic acids is 2. The number of ether oxygens (including phenoxy) is 1. The maximum atomic E-state index is 12.6. The van der Waals surface area contributed by atoms with Crippen LogP contribution in [0.1, 0.15) is 36.3 Å². The van der Waals surface area contributed by atoms with E-state index in [1.165, 1.54) is 11.1 Å². The molecular formula is C18H24N2O3. The predicted molar refractivity (Wildman–Crippen MR) is 87.2 cm³/mol. The third-order valence-electron chi connectivity index (χ3n) is 5.06. The number of hydrogen-bond acceptors (Lipinski definition) is 3. The van der Waals surface area contributed by atoms with E-state index < -0.39 is 6.09 Å². The number of nitrogens with zero attached hydrogens (tertiary/aromatic N) is 1. The summed E-state index contributed by atoms with van der Waals surface area (Å²) in [4.78, 5) is 25.7. The van der Waals surface area contributed by atoms with Gasteiger partial charge in [-0.05, 0) is 37.7 Å². The van der Waals surface area contributed by atoms with Gasteiger partial charge in [-0.3, -0.25) is 4.79 Å². The average Bonchev–Trinajstić information content (AvgIpc) is 2.69. The van der Waals surface area contributed by atoms with Gasteiger partial charge < -0.3 is 15.0 Å². The molecule has 1 aromatic carbocycles. The van der Waals surface area contributed by atoms with Crippen LogP contribution in [0.4, 0.5) is 4.79 Å². The van der Waals surface area contributed by atoms with Crippen molar-refractivity contribution in [1.29, 1.82) is 0 Å². The van der Waals surface area contributed by atoms with E-state index in [9.17, 15) is 9.59 Å². The number of cyclic esters (lactones) is 1. The van der Waals surface area contributed by atoms with Crippen LogP contribution in [0.25, 0.3) is 0 Å². The van der Waals surface area contributed by atoms with E-state index in [0.29, 0.717) is 31.5 Å². The van der Waals surface area contributed by atoms with E-state index in [1.54, 1.807) is 0 Å². The number of nitrogens with one attached hydrogen (secondary N) is 1. The number of amides is 2. The van der Waals surface area contributed by atoms with E-state index >= 15 is 0 Å². The summed E-state index contributed by atoms with van der Waals surface area (Å²) in [6.07, 6.45) is 2.20. The minimum Gasteiger partial charge on any atom is -0.450 e. The third kappa shape index (κ3) is 3.49. The molecule has 2 amide bonds. The number of rotatable bonds is 3. The highest BCUT2D eigenvalue weighted by Crippen LogP contribution is 2.40. The van der Waals surface area contributed by atoms with Gasteiger partial charge in [-0.25, -0.2) is 4.79 Å². The predicted octanol–water partition coefficient (Wildman–Crippen LogP) is 2.45. The van der Waals surface area contributed by atoms with Gasteiger partial charge in [0.15, 0.2) is 0 Å². The second-order valence-corrected chi connectivity index (χ2v) is 6.69. The maximum absolute atomic E-state index is 12.6. The standard InChI is InChI=1S/C18H24N2O3/c1-12-4-3-5-13(8-12)15-9-16(10-15)20(2)17(21)14-6-7-23-18(22)19-11-14/h3-5,8,14-16H,6-7,9-11H2,1-2H3,(H,19,22)/t14-,15-,16+/m1/s1. The van der Waals surface area contributed by atoms with Crippen LogP contribution in [-0.4, -0.2) is 43.1 Å². The molecule has 5 nitrogen and oxygen atoms in total. The topological polar surface area (TPSA) is 58.6 Å². The van der Waals surface area contributed by atoms with Gasteiger partial charge in [-0.15, -0.1) is 0 Å². The summed E-state index contributed by atoms with van der Waals surface area (Å²) in [6.45, 7) is 2.79. The lowest BCUT2D eigenvalue weighted by Gasteiger charge is -2.42. The fourth-order valence-corrected chi connectivity index (χ4v) is 3.43. The number of hydrogen-bond donors (Lipinski definition) is 1. The second kappa shape index (κ2) is 6.60. The number of aryl methyl sites for hydroxylation is 1. The van der Waals surface area contributed by atoms with E-state index in [1.807, 2.05) is 11.9 Å². The molecule has 3 rings (SSSR count). The first-order chi connectivity index (χ1) is 11.0. The highest BCUT2D eigenvalue weighted by atomic mass is 16.5. The molecule has 1 heterocycles. The van der Waals surface area contributed by atoms with Crippen molar-refractivity contribution >= 4 is 12.0 Å². The normalized spacial score (nSPS) is 27.2. The summed E-state index contributed by atoms with van der Waals surface area (Å²) in [5.41, 5.74) is 2.65. The Hall–Kier alpha value is -2.04.